The minimum Gasteiger partial charge on any atom is -0.483 e. The minimum atomic E-state index is -0.403. The van der Waals surface area contributed by atoms with Gasteiger partial charge in [-0.25, -0.2) is 0 Å². The molecule has 0 saturated heterocycles. The van der Waals surface area contributed by atoms with E-state index in [9.17, 15) is 9.59 Å². The van der Waals surface area contributed by atoms with Gasteiger partial charge in [0.1, 0.15) is 11.5 Å². The molecule has 122 valence electrons. The van der Waals surface area contributed by atoms with Gasteiger partial charge < -0.3 is 19.8 Å². The largest absolute Gasteiger partial charge is 0.483 e. The number of carbonyl (C=O) groups excluding carboxylic acids is 2. The summed E-state index contributed by atoms with van der Waals surface area (Å²) in [7, 11) is 0. The molecular weight excluding hydrogens is 388 g/mol. The fourth-order valence-electron chi connectivity index (χ4n) is 1.63. The molecule has 23 heavy (non-hydrogen) atoms. The Labute approximate surface area is 146 Å². The lowest BCUT2D eigenvalue weighted by Crippen LogP contribution is -2.38. The molecule has 1 heterocycles. The summed E-state index contributed by atoms with van der Waals surface area (Å²) in [6.07, 6.45) is 1.52. The zero-order chi connectivity index (χ0) is 16.7. The monoisotopic (exact) mass is 400 g/mol. The number of carbonyl (C=O) groups is 2. The van der Waals surface area contributed by atoms with Gasteiger partial charge in [0.2, 0.25) is 5.91 Å². The van der Waals surface area contributed by atoms with Gasteiger partial charge in [0.05, 0.1) is 23.8 Å². The molecule has 2 rings (SSSR count). The first-order valence-corrected chi connectivity index (χ1v) is 7.85. The van der Waals surface area contributed by atoms with Crippen LogP contribution >= 0.6 is 27.5 Å². The van der Waals surface area contributed by atoms with Crippen LogP contribution in [-0.2, 0) is 16.1 Å². The molecule has 0 radical (unpaired) electrons. The third-order valence-electron chi connectivity index (χ3n) is 2.74. The first-order chi connectivity index (χ1) is 11.0. The van der Waals surface area contributed by atoms with Crippen molar-refractivity contribution in [1.29, 1.82) is 0 Å². The van der Waals surface area contributed by atoms with Gasteiger partial charge in [-0.05, 0) is 46.3 Å². The average Bonchev–Trinajstić information content (AvgIpc) is 3.03. The van der Waals surface area contributed by atoms with E-state index in [1.165, 1.54) is 6.26 Å². The SMILES string of the molecule is O=C(CNC(=O)COc1ccc(Cl)cc1Br)NCc1ccco1. The number of hydrogen-bond donors (Lipinski definition) is 2. The molecule has 0 fully saturated rings. The number of furan rings is 1. The smallest absolute Gasteiger partial charge is 0.258 e. The summed E-state index contributed by atoms with van der Waals surface area (Å²) in [4.78, 5) is 23.2. The molecule has 0 spiro atoms. The summed E-state index contributed by atoms with van der Waals surface area (Å²) in [5.74, 6) is 0.412. The van der Waals surface area contributed by atoms with Crippen molar-refractivity contribution in [2.24, 2.45) is 0 Å². The number of rotatable bonds is 7. The van der Waals surface area contributed by atoms with Crippen LogP contribution in [0.25, 0.3) is 0 Å². The van der Waals surface area contributed by atoms with Crippen molar-refractivity contribution in [3.8, 4) is 5.75 Å². The second-order valence-corrected chi connectivity index (χ2v) is 5.79. The number of amides is 2. The Morgan fingerprint density at radius 2 is 2.04 bits per heavy atom. The molecule has 2 amide bonds. The Kier molecular flexibility index (Phi) is 6.49. The lowest BCUT2D eigenvalue weighted by atomic mass is 10.3. The van der Waals surface area contributed by atoms with Crippen molar-refractivity contribution >= 4 is 39.3 Å². The highest BCUT2D eigenvalue weighted by Crippen LogP contribution is 2.27. The number of hydrogen-bond acceptors (Lipinski definition) is 4. The zero-order valence-electron chi connectivity index (χ0n) is 12.0. The lowest BCUT2D eigenvalue weighted by molar-refractivity contribution is -0.127. The molecule has 1 aromatic carbocycles. The Morgan fingerprint density at radius 3 is 2.74 bits per heavy atom. The molecule has 0 atom stereocenters. The standard InChI is InChI=1S/C15H14BrClN2O4/c16-12-6-10(17)3-4-13(12)23-9-15(21)19-8-14(20)18-7-11-2-1-5-22-11/h1-6H,7-9H2,(H,18,20)(H,19,21). The summed E-state index contributed by atoms with van der Waals surface area (Å²) in [5.41, 5.74) is 0. The molecule has 2 aromatic rings. The highest BCUT2D eigenvalue weighted by atomic mass is 79.9. The van der Waals surface area contributed by atoms with Crippen LogP contribution in [0.3, 0.4) is 0 Å². The van der Waals surface area contributed by atoms with Crippen molar-refractivity contribution < 1.29 is 18.7 Å². The molecule has 1 aromatic heterocycles. The number of halogens is 2. The molecule has 0 aliphatic heterocycles. The first kappa shape index (κ1) is 17.4. The normalized spacial score (nSPS) is 10.2. The van der Waals surface area contributed by atoms with Crippen molar-refractivity contribution in [2.45, 2.75) is 6.54 Å². The van der Waals surface area contributed by atoms with E-state index in [0.29, 0.717) is 21.0 Å². The van der Waals surface area contributed by atoms with Gasteiger partial charge in [0.15, 0.2) is 6.61 Å². The van der Waals surface area contributed by atoms with Crippen molar-refractivity contribution in [2.75, 3.05) is 13.2 Å². The molecule has 0 aliphatic carbocycles. The zero-order valence-corrected chi connectivity index (χ0v) is 14.3. The summed E-state index contributed by atoms with van der Waals surface area (Å²) in [6, 6.07) is 8.44. The predicted molar refractivity (Wildman–Crippen MR) is 88.2 cm³/mol. The predicted octanol–water partition coefficient (Wildman–Crippen LogP) is 2.51. The molecule has 0 bridgehead atoms. The van der Waals surface area contributed by atoms with Crippen molar-refractivity contribution in [3.63, 3.8) is 0 Å². The minimum absolute atomic E-state index is 0.134. The Morgan fingerprint density at radius 1 is 1.22 bits per heavy atom. The first-order valence-electron chi connectivity index (χ1n) is 6.68. The quantitative estimate of drug-likeness (QED) is 0.747. The van der Waals surface area contributed by atoms with Crippen LogP contribution in [0.1, 0.15) is 5.76 Å². The van der Waals surface area contributed by atoms with Gasteiger partial charge in [-0.3, -0.25) is 9.59 Å². The van der Waals surface area contributed by atoms with E-state index in [1.54, 1.807) is 30.3 Å². The summed E-state index contributed by atoms with van der Waals surface area (Å²) < 4.78 is 11.1. The van der Waals surface area contributed by atoms with Crippen LogP contribution in [0.4, 0.5) is 0 Å². The summed E-state index contributed by atoms with van der Waals surface area (Å²) >= 11 is 9.10. The second kappa shape index (κ2) is 8.59. The highest BCUT2D eigenvalue weighted by Gasteiger charge is 2.08. The van der Waals surface area contributed by atoms with Gasteiger partial charge in [0.25, 0.3) is 5.91 Å². The second-order valence-electron chi connectivity index (χ2n) is 4.50. The van der Waals surface area contributed by atoms with Gasteiger partial charge in [0, 0.05) is 5.02 Å². The topological polar surface area (TPSA) is 80.6 Å². The van der Waals surface area contributed by atoms with E-state index in [-0.39, 0.29) is 25.6 Å². The van der Waals surface area contributed by atoms with Gasteiger partial charge in [-0.2, -0.15) is 0 Å². The highest BCUT2D eigenvalue weighted by molar-refractivity contribution is 9.10. The van der Waals surface area contributed by atoms with Gasteiger partial charge in [-0.1, -0.05) is 11.6 Å². The third-order valence-corrected chi connectivity index (χ3v) is 3.59. The van der Waals surface area contributed by atoms with E-state index in [2.05, 4.69) is 26.6 Å². The maximum Gasteiger partial charge on any atom is 0.258 e. The van der Waals surface area contributed by atoms with E-state index in [4.69, 9.17) is 20.8 Å². The fraction of sp³-hybridized carbons (Fsp3) is 0.200. The molecule has 0 saturated carbocycles. The van der Waals surface area contributed by atoms with Gasteiger partial charge in [-0.15, -0.1) is 0 Å². The van der Waals surface area contributed by atoms with Crippen LogP contribution in [-0.4, -0.2) is 25.0 Å². The van der Waals surface area contributed by atoms with Gasteiger partial charge >= 0.3 is 0 Å². The van der Waals surface area contributed by atoms with Crippen LogP contribution in [0.2, 0.25) is 5.02 Å². The third kappa shape index (κ3) is 5.96. The summed E-state index contributed by atoms with van der Waals surface area (Å²) in [6.45, 7) is -0.0632. The number of nitrogens with one attached hydrogen (secondary N) is 2. The van der Waals surface area contributed by atoms with E-state index in [0.717, 1.165) is 0 Å². The molecule has 2 N–H and O–H groups in total. The Hall–Kier alpha value is -1.99. The molecule has 8 heteroatoms. The fourth-order valence-corrected chi connectivity index (χ4v) is 2.42. The number of benzene rings is 1. The molecular formula is C15H14BrClN2O4. The van der Waals surface area contributed by atoms with Crippen LogP contribution in [0.5, 0.6) is 5.75 Å². The maximum absolute atomic E-state index is 11.7. The Balaban J connectivity index is 1.67. The maximum atomic E-state index is 11.7. The molecule has 0 aliphatic rings. The van der Waals surface area contributed by atoms with Crippen LogP contribution in [0, 0.1) is 0 Å². The van der Waals surface area contributed by atoms with E-state index < -0.39 is 5.91 Å². The van der Waals surface area contributed by atoms with Crippen molar-refractivity contribution in [1.82, 2.24) is 10.6 Å². The van der Waals surface area contributed by atoms with Crippen LogP contribution < -0.4 is 15.4 Å². The van der Waals surface area contributed by atoms with Crippen molar-refractivity contribution in [3.05, 3.63) is 51.9 Å². The summed E-state index contributed by atoms with van der Waals surface area (Å²) in [5, 5.41) is 5.64. The lowest BCUT2D eigenvalue weighted by Gasteiger charge is -2.09. The van der Waals surface area contributed by atoms with E-state index in [1.807, 2.05) is 0 Å². The molecule has 6 nitrogen and oxygen atoms in total. The number of ether oxygens (including phenoxy) is 1. The molecule has 0 unspecified atom stereocenters. The van der Waals surface area contributed by atoms with E-state index >= 15 is 0 Å². The Bertz CT molecular complexity index is 676. The van der Waals surface area contributed by atoms with Crippen LogP contribution in [0.15, 0.2) is 45.5 Å². The average molecular weight is 402 g/mol.